The van der Waals surface area contributed by atoms with E-state index < -0.39 is 0 Å². The fourth-order valence-electron chi connectivity index (χ4n) is 1.71. The molecule has 0 aliphatic heterocycles. The van der Waals surface area contributed by atoms with Crippen molar-refractivity contribution in [2.24, 2.45) is 0 Å². The highest BCUT2D eigenvalue weighted by Crippen LogP contribution is 2.18. The van der Waals surface area contributed by atoms with Crippen molar-refractivity contribution in [2.45, 2.75) is 20.8 Å². The van der Waals surface area contributed by atoms with E-state index in [-0.39, 0.29) is 5.78 Å². The van der Waals surface area contributed by atoms with Crippen molar-refractivity contribution in [3.05, 3.63) is 51.0 Å². The van der Waals surface area contributed by atoms with E-state index in [2.05, 4.69) is 11.1 Å². The number of hydrogen-bond donors (Lipinski definition) is 0. The first-order valence-electron chi connectivity index (χ1n) is 5.11. The van der Waals surface area contributed by atoms with Crippen molar-refractivity contribution in [1.82, 2.24) is 4.98 Å². The van der Waals surface area contributed by atoms with Crippen molar-refractivity contribution < 1.29 is 4.79 Å². The van der Waals surface area contributed by atoms with Gasteiger partial charge < -0.3 is 0 Å². The van der Waals surface area contributed by atoms with Crippen molar-refractivity contribution in [1.29, 1.82) is 0 Å². The van der Waals surface area contributed by atoms with E-state index >= 15 is 0 Å². The molecule has 0 aliphatic carbocycles. The SMILES string of the molecule is Cc1cc(C)cc(C(=O)c2cnc(C)s2)c1. The fourth-order valence-corrected chi connectivity index (χ4v) is 2.45. The molecule has 0 atom stereocenters. The molecular weight excluding hydrogens is 218 g/mol. The Morgan fingerprint density at radius 3 is 2.25 bits per heavy atom. The van der Waals surface area contributed by atoms with E-state index in [0.717, 1.165) is 21.7 Å². The Kier molecular flexibility index (Phi) is 2.88. The molecule has 0 spiro atoms. The molecular formula is C13H13NOS. The maximum absolute atomic E-state index is 12.1. The molecule has 2 nitrogen and oxygen atoms in total. The highest BCUT2D eigenvalue weighted by molar-refractivity contribution is 7.13. The first-order valence-corrected chi connectivity index (χ1v) is 5.93. The first-order chi connectivity index (χ1) is 7.56. The summed E-state index contributed by atoms with van der Waals surface area (Å²) in [5.41, 5.74) is 2.98. The van der Waals surface area contributed by atoms with Crippen LogP contribution in [0.2, 0.25) is 0 Å². The minimum absolute atomic E-state index is 0.0670. The third-order valence-electron chi connectivity index (χ3n) is 2.33. The summed E-state index contributed by atoms with van der Waals surface area (Å²) < 4.78 is 0. The van der Waals surface area contributed by atoms with Gasteiger partial charge >= 0.3 is 0 Å². The number of ketones is 1. The van der Waals surface area contributed by atoms with Crippen molar-refractivity contribution in [2.75, 3.05) is 0 Å². The smallest absolute Gasteiger partial charge is 0.204 e. The van der Waals surface area contributed by atoms with Gasteiger partial charge in [0.15, 0.2) is 0 Å². The summed E-state index contributed by atoms with van der Waals surface area (Å²) in [7, 11) is 0. The molecule has 0 fully saturated rings. The summed E-state index contributed by atoms with van der Waals surface area (Å²) in [5, 5.41) is 0.924. The normalized spacial score (nSPS) is 10.4. The van der Waals surface area contributed by atoms with Crippen LogP contribution >= 0.6 is 11.3 Å². The second-order valence-corrected chi connectivity index (χ2v) is 5.18. The van der Waals surface area contributed by atoms with E-state index in [1.165, 1.54) is 11.3 Å². The van der Waals surface area contributed by atoms with Crippen molar-refractivity contribution >= 4 is 17.1 Å². The number of rotatable bonds is 2. The molecule has 0 radical (unpaired) electrons. The largest absolute Gasteiger partial charge is 0.288 e. The molecule has 1 heterocycles. The summed E-state index contributed by atoms with van der Waals surface area (Å²) in [6, 6.07) is 5.91. The Balaban J connectivity index is 2.41. The van der Waals surface area contributed by atoms with Crippen LogP contribution in [0.3, 0.4) is 0 Å². The number of nitrogens with zero attached hydrogens (tertiary/aromatic N) is 1. The lowest BCUT2D eigenvalue weighted by Gasteiger charge is -2.02. The Morgan fingerprint density at radius 1 is 1.12 bits per heavy atom. The number of hydrogen-bond acceptors (Lipinski definition) is 3. The highest BCUT2D eigenvalue weighted by atomic mass is 32.1. The monoisotopic (exact) mass is 231 g/mol. The van der Waals surface area contributed by atoms with Gasteiger partial charge in [0, 0.05) is 11.8 Å². The van der Waals surface area contributed by atoms with Gasteiger partial charge in [-0.2, -0.15) is 0 Å². The molecule has 0 N–H and O–H groups in total. The van der Waals surface area contributed by atoms with Gasteiger partial charge in [0.05, 0.1) is 9.88 Å². The third kappa shape index (κ3) is 2.19. The number of aryl methyl sites for hydroxylation is 3. The summed E-state index contributed by atoms with van der Waals surface area (Å²) in [4.78, 5) is 17.0. The summed E-state index contributed by atoms with van der Waals surface area (Å²) in [6.45, 7) is 5.91. The molecule has 2 rings (SSSR count). The number of aromatic nitrogens is 1. The lowest BCUT2D eigenvalue weighted by Crippen LogP contribution is -1.99. The van der Waals surface area contributed by atoms with Gasteiger partial charge in [-0.25, -0.2) is 4.98 Å². The van der Waals surface area contributed by atoms with Crippen LogP contribution in [0.4, 0.5) is 0 Å². The minimum atomic E-state index is 0.0670. The third-order valence-corrected chi connectivity index (χ3v) is 3.24. The molecule has 0 saturated heterocycles. The predicted molar refractivity (Wildman–Crippen MR) is 66.2 cm³/mol. The minimum Gasteiger partial charge on any atom is -0.288 e. The van der Waals surface area contributed by atoms with Crippen LogP contribution in [0.5, 0.6) is 0 Å². The van der Waals surface area contributed by atoms with E-state index in [0.29, 0.717) is 4.88 Å². The van der Waals surface area contributed by atoms with Crippen LogP contribution < -0.4 is 0 Å². The lowest BCUT2D eigenvalue weighted by atomic mass is 10.0. The molecule has 16 heavy (non-hydrogen) atoms. The zero-order valence-electron chi connectivity index (χ0n) is 9.57. The number of thiazole rings is 1. The molecule has 1 aromatic heterocycles. The van der Waals surface area contributed by atoms with Gasteiger partial charge in [-0.1, -0.05) is 17.2 Å². The molecule has 1 aromatic carbocycles. The van der Waals surface area contributed by atoms with Crippen LogP contribution in [0.1, 0.15) is 31.4 Å². The number of carbonyl (C=O) groups excluding carboxylic acids is 1. The summed E-state index contributed by atoms with van der Waals surface area (Å²) in [5.74, 6) is 0.0670. The van der Waals surface area contributed by atoms with Crippen molar-refractivity contribution in [3.8, 4) is 0 Å². The van der Waals surface area contributed by atoms with Gasteiger partial charge in [0.2, 0.25) is 5.78 Å². The predicted octanol–water partition coefficient (Wildman–Crippen LogP) is 3.30. The molecule has 3 heteroatoms. The molecule has 0 bridgehead atoms. The second kappa shape index (κ2) is 4.18. The van der Waals surface area contributed by atoms with Gasteiger partial charge in [0.1, 0.15) is 0 Å². The van der Waals surface area contributed by atoms with E-state index in [4.69, 9.17) is 0 Å². The lowest BCUT2D eigenvalue weighted by molar-refractivity contribution is 0.104. The average Bonchev–Trinajstić information content (AvgIpc) is 2.62. The average molecular weight is 231 g/mol. The van der Waals surface area contributed by atoms with Crippen LogP contribution in [-0.2, 0) is 0 Å². The fraction of sp³-hybridized carbons (Fsp3) is 0.231. The van der Waals surface area contributed by atoms with Crippen LogP contribution in [0.25, 0.3) is 0 Å². The van der Waals surface area contributed by atoms with Crippen LogP contribution in [0, 0.1) is 20.8 Å². The first kappa shape index (κ1) is 11.0. The molecule has 2 aromatic rings. The van der Waals surface area contributed by atoms with Gasteiger partial charge in [0.25, 0.3) is 0 Å². The number of carbonyl (C=O) groups is 1. The Bertz CT molecular complexity index is 522. The van der Waals surface area contributed by atoms with Crippen LogP contribution in [0.15, 0.2) is 24.4 Å². The quantitative estimate of drug-likeness (QED) is 0.742. The van der Waals surface area contributed by atoms with Gasteiger partial charge in [-0.15, -0.1) is 11.3 Å². The Labute approximate surface area is 99.0 Å². The van der Waals surface area contributed by atoms with E-state index in [1.54, 1.807) is 6.20 Å². The Morgan fingerprint density at radius 2 is 1.75 bits per heavy atom. The van der Waals surface area contributed by atoms with Crippen molar-refractivity contribution in [3.63, 3.8) is 0 Å². The maximum atomic E-state index is 12.1. The zero-order valence-corrected chi connectivity index (χ0v) is 10.4. The van der Waals surface area contributed by atoms with E-state index in [1.807, 2.05) is 32.9 Å². The molecule has 0 amide bonds. The zero-order chi connectivity index (χ0) is 11.7. The summed E-state index contributed by atoms with van der Waals surface area (Å²) in [6.07, 6.45) is 1.65. The molecule has 0 unspecified atom stereocenters. The van der Waals surface area contributed by atoms with Gasteiger partial charge in [-0.05, 0) is 32.9 Å². The topological polar surface area (TPSA) is 30.0 Å². The number of benzene rings is 1. The molecule has 0 aliphatic rings. The van der Waals surface area contributed by atoms with Crippen LogP contribution in [-0.4, -0.2) is 10.8 Å². The molecule has 0 saturated carbocycles. The highest BCUT2D eigenvalue weighted by Gasteiger charge is 2.12. The second-order valence-electron chi connectivity index (χ2n) is 3.95. The van der Waals surface area contributed by atoms with Gasteiger partial charge in [-0.3, -0.25) is 4.79 Å². The van der Waals surface area contributed by atoms with E-state index in [9.17, 15) is 4.79 Å². The summed E-state index contributed by atoms with van der Waals surface area (Å²) >= 11 is 1.44. The molecule has 82 valence electrons. The Hall–Kier alpha value is -1.48. The standard InChI is InChI=1S/C13H13NOS/c1-8-4-9(2)6-11(5-8)13(15)12-7-14-10(3)16-12/h4-7H,1-3H3. The maximum Gasteiger partial charge on any atom is 0.204 e.